The van der Waals surface area contributed by atoms with Crippen LogP contribution in [-0.4, -0.2) is 21.8 Å². The molecule has 0 bridgehead atoms. The molecule has 0 saturated carbocycles. The number of benzene rings is 1. The van der Waals surface area contributed by atoms with E-state index in [4.69, 9.17) is 9.15 Å². The predicted octanol–water partition coefficient (Wildman–Crippen LogP) is 4.14. The zero-order valence-electron chi connectivity index (χ0n) is 16.7. The van der Waals surface area contributed by atoms with Crippen LogP contribution in [0.25, 0.3) is 5.70 Å². The molecule has 0 fully saturated rings. The minimum absolute atomic E-state index is 0.0666. The third kappa shape index (κ3) is 4.97. The molecule has 28 heavy (non-hydrogen) atoms. The molecule has 3 rings (SSSR count). The number of carbonyl (C=O) groups excluding carboxylic acids is 1. The number of nitrogens with zero attached hydrogens (tertiary/aromatic N) is 2. The Balaban J connectivity index is 1.77. The fourth-order valence-corrected chi connectivity index (χ4v) is 2.80. The fourth-order valence-electron chi connectivity index (χ4n) is 2.80. The number of esters is 1. The van der Waals surface area contributed by atoms with Crippen molar-refractivity contribution in [3.63, 3.8) is 0 Å². The number of rotatable bonds is 5. The van der Waals surface area contributed by atoms with Gasteiger partial charge in [0.05, 0.1) is 5.57 Å². The molecule has 2 aromatic rings. The summed E-state index contributed by atoms with van der Waals surface area (Å²) in [6.07, 6.45) is 4.07. The van der Waals surface area contributed by atoms with Gasteiger partial charge in [-0.3, -0.25) is 0 Å². The monoisotopic (exact) mass is 379 g/mol. The van der Waals surface area contributed by atoms with E-state index in [2.05, 4.69) is 34.2 Å². The lowest BCUT2D eigenvalue weighted by molar-refractivity contribution is -0.149. The second-order valence-corrected chi connectivity index (χ2v) is 7.85. The molecular formula is C22H25N3O3. The lowest BCUT2D eigenvalue weighted by Crippen LogP contribution is -2.26. The second-order valence-electron chi connectivity index (χ2n) is 7.85. The van der Waals surface area contributed by atoms with Crippen molar-refractivity contribution < 1.29 is 13.9 Å². The third-order valence-electron chi connectivity index (χ3n) is 4.04. The Labute approximate surface area is 165 Å². The van der Waals surface area contributed by atoms with E-state index in [1.165, 1.54) is 5.56 Å². The minimum Gasteiger partial charge on any atom is -0.456 e. The molecule has 6 nitrogen and oxygen atoms in total. The van der Waals surface area contributed by atoms with Gasteiger partial charge in [0.15, 0.2) is 0 Å². The van der Waals surface area contributed by atoms with Crippen LogP contribution in [0.1, 0.15) is 51.0 Å². The fraction of sp³-hybridized carbons (Fsp3) is 0.318. The SMILES string of the molecule is C=C1C=C(C(=O)OC(C)(C)C)C=C(c2nnc([C@@H](C)Cc3ccccc3)o2)N1. The van der Waals surface area contributed by atoms with E-state index in [1.54, 1.807) is 12.2 Å². The zero-order chi connectivity index (χ0) is 20.3. The summed E-state index contributed by atoms with van der Waals surface area (Å²) in [4.78, 5) is 12.4. The number of allylic oxidation sites excluding steroid dienone is 1. The van der Waals surface area contributed by atoms with Crippen molar-refractivity contribution in [3.8, 4) is 0 Å². The molecule has 1 aliphatic rings. The van der Waals surface area contributed by atoms with Crippen molar-refractivity contribution in [1.82, 2.24) is 15.5 Å². The normalized spacial score (nSPS) is 15.4. The van der Waals surface area contributed by atoms with Crippen molar-refractivity contribution in [2.75, 3.05) is 0 Å². The average molecular weight is 379 g/mol. The highest BCUT2D eigenvalue weighted by molar-refractivity contribution is 5.95. The minimum atomic E-state index is -0.581. The Morgan fingerprint density at radius 2 is 1.93 bits per heavy atom. The van der Waals surface area contributed by atoms with Crippen LogP contribution in [0.3, 0.4) is 0 Å². The van der Waals surface area contributed by atoms with E-state index in [-0.39, 0.29) is 5.92 Å². The lowest BCUT2D eigenvalue weighted by atomic mass is 10.0. The van der Waals surface area contributed by atoms with Crippen LogP contribution >= 0.6 is 0 Å². The Hall–Kier alpha value is -3.15. The van der Waals surface area contributed by atoms with Gasteiger partial charge >= 0.3 is 5.97 Å². The molecule has 0 amide bonds. The maximum absolute atomic E-state index is 12.4. The van der Waals surface area contributed by atoms with Crippen LogP contribution in [0.4, 0.5) is 0 Å². The van der Waals surface area contributed by atoms with Crippen molar-refractivity contribution in [2.24, 2.45) is 0 Å². The number of aromatic nitrogens is 2. The quantitative estimate of drug-likeness (QED) is 0.787. The second kappa shape index (κ2) is 7.84. The molecule has 1 aromatic carbocycles. The van der Waals surface area contributed by atoms with Crippen LogP contribution in [0, 0.1) is 0 Å². The van der Waals surface area contributed by atoms with Crippen molar-refractivity contribution in [3.05, 3.63) is 77.7 Å². The highest BCUT2D eigenvalue weighted by atomic mass is 16.6. The Kier molecular flexibility index (Phi) is 5.49. The Bertz CT molecular complexity index is 933. The molecule has 6 heteroatoms. The van der Waals surface area contributed by atoms with E-state index in [1.807, 2.05) is 45.9 Å². The van der Waals surface area contributed by atoms with Gasteiger partial charge < -0.3 is 14.5 Å². The summed E-state index contributed by atoms with van der Waals surface area (Å²) in [6, 6.07) is 10.1. The van der Waals surface area contributed by atoms with Gasteiger partial charge in [-0.15, -0.1) is 10.2 Å². The molecule has 1 N–H and O–H groups in total. The van der Waals surface area contributed by atoms with E-state index in [0.29, 0.717) is 28.7 Å². The van der Waals surface area contributed by atoms with E-state index >= 15 is 0 Å². The topological polar surface area (TPSA) is 77.2 Å². The maximum Gasteiger partial charge on any atom is 0.338 e. The van der Waals surface area contributed by atoms with E-state index < -0.39 is 11.6 Å². The first-order valence-electron chi connectivity index (χ1n) is 9.21. The van der Waals surface area contributed by atoms with E-state index in [9.17, 15) is 4.79 Å². The lowest BCUT2D eigenvalue weighted by Gasteiger charge is -2.21. The first-order chi connectivity index (χ1) is 13.2. The van der Waals surface area contributed by atoms with Gasteiger partial charge in [-0.2, -0.15) is 0 Å². The summed E-state index contributed by atoms with van der Waals surface area (Å²) in [5, 5.41) is 11.4. The number of dihydropyridines is 1. The molecule has 1 atom stereocenters. The van der Waals surface area contributed by atoms with Gasteiger partial charge in [-0.05, 0) is 44.9 Å². The maximum atomic E-state index is 12.4. The van der Waals surface area contributed by atoms with Crippen LogP contribution < -0.4 is 5.32 Å². The van der Waals surface area contributed by atoms with Crippen molar-refractivity contribution >= 4 is 11.7 Å². The molecule has 0 radical (unpaired) electrons. The van der Waals surface area contributed by atoms with Crippen LogP contribution in [0.2, 0.25) is 0 Å². The van der Waals surface area contributed by atoms with Gasteiger partial charge in [0.2, 0.25) is 5.89 Å². The molecule has 0 unspecified atom stereocenters. The standard InChI is InChI=1S/C22H25N3O3/c1-14(11-16-9-7-6-8-10-16)19-24-25-20(27-19)18-13-17(12-15(2)23-18)21(26)28-22(3,4)5/h6-10,12-14,23H,2,11H2,1,3-5H3/t14-/m0/s1. The number of hydrogen-bond donors (Lipinski definition) is 1. The molecule has 0 aliphatic carbocycles. The zero-order valence-corrected chi connectivity index (χ0v) is 16.7. The largest absolute Gasteiger partial charge is 0.456 e. The van der Waals surface area contributed by atoms with Gasteiger partial charge in [0, 0.05) is 11.6 Å². The summed E-state index contributed by atoms with van der Waals surface area (Å²) in [5.41, 5.74) is 2.08. The first-order valence-corrected chi connectivity index (χ1v) is 9.21. The smallest absolute Gasteiger partial charge is 0.338 e. The van der Waals surface area contributed by atoms with Gasteiger partial charge in [0.25, 0.3) is 5.89 Å². The van der Waals surface area contributed by atoms with Crippen molar-refractivity contribution in [1.29, 1.82) is 0 Å². The first kappa shape index (κ1) is 19.6. The van der Waals surface area contributed by atoms with Crippen LogP contribution in [0.15, 0.2) is 64.8 Å². The van der Waals surface area contributed by atoms with Gasteiger partial charge in [-0.1, -0.05) is 43.8 Å². The number of hydrogen-bond acceptors (Lipinski definition) is 6. The predicted molar refractivity (Wildman–Crippen MR) is 107 cm³/mol. The number of ether oxygens (including phenoxy) is 1. The Morgan fingerprint density at radius 3 is 2.61 bits per heavy atom. The van der Waals surface area contributed by atoms with Gasteiger partial charge in [0.1, 0.15) is 11.3 Å². The van der Waals surface area contributed by atoms with E-state index in [0.717, 1.165) is 6.42 Å². The summed E-state index contributed by atoms with van der Waals surface area (Å²) >= 11 is 0. The summed E-state index contributed by atoms with van der Waals surface area (Å²) in [6.45, 7) is 11.4. The van der Waals surface area contributed by atoms with Crippen molar-refractivity contribution in [2.45, 2.75) is 45.6 Å². The Morgan fingerprint density at radius 1 is 1.21 bits per heavy atom. The molecule has 0 spiro atoms. The molecule has 1 aromatic heterocycles. The molecule has 1 aliphatic heterocycles. The molecule has 146 valence electrons. The summed E-state index contributed by atoms with van der Waals surface area (Å²) < 4.78 is 11.3. The molecule has 0 saturated heterocycles. The summed E-state index contributed by atoms with van der Waals surface area (Å²) in [5.74, 6) is 0.493. The molecular weight excluding hydrogens is 354 g/mol. The molecule has 2 heterocycles. The number of nitrogens with one attached hydrogen (secondary N) is 1. The number of carbonyl (C=O) groups is 1. The van der Waals surface area contributed by atoms with Crippen LogP contribution in [0.5, 0.6) is 0 Å². The summed E-state index contributed by atoms with van der Waals surface area (Å²) in [7, 11) is 0. The third-order valence-corrected chi connectivity index (χ3v) is 4.04. The highest BCUT2D eigenvalue weighted by Gasteiger charge is 2.24. The highest BCUT2D eigenvalue weighted by Crippen LogP contribution is 2.25. The average Bonchev–Trinajstić information content (AvgIpc) is 3.11. The van der Waals surface area contributed by atoms with Gasteiger partial charge in [-0.25, -0.2) is 4.79 Å². The van der Waals surface area contributed by atoms with Crippen LogP contribution in [-0.2, 0) is 16.0 Å².